The monoisotopic (exact) mass is 335 g/mol. The van der Waals surface area contributed by atoms with E-state index in [-0.39, 0.29) is 10.8 Å². The molecule has 2 nitrogen and oxygen atoms in total. The van der Waals surface area contributed by atoms with Crippen LogP contribution < -0.4 is 0 Å². The second-order valence-corrected chi connectivity index (χ2v) is 9.07. The van der Waals surface area contributed by atoms with Gasteiger partial charge in [-0.3, -0.25) is 0 Å². The Balaban J connectivity index is 2.36. The molecule has 1 N–H and O–H groups in total. The highest BCUT2D eigenvalue weighted by Gasteiger charge is 2.26. The number of aromatic hydroxyl groups is 1. The van der Waals surface area contributed by atoms with Gasteiger partial charge in [0.05, 0.1) is 5.69 Å². The molecule has 0 fully saturated rings. The summed E-state index contributed by atoms with van der Waals surface area (Å²) in [6.07, 6.45) is 0. The molecule has 3 aromatic rings. The van der Waals surface area contributed by atoms with Crippen molar-refractivity contribution in [3.63, 3.8) is 0 Å². The van der Waals surface area contributed by atoms with E-state index >= 15 is 0 Å². The molecule has 0 saturated heterocycles. The van der Waals surface area contributed by atoms with E-state index in [2.05, 4.69) is 95.6 Å². The second-order valence-electron chi connectivity index (χ2n) is 9.07. The lowest BCUT2D eigenvalue weighted by atomic mass is 9.78. The third-order valence-electron chi connectivity index (χ3n) is 5.01. The molecule has 0 atom stereocenters. The van der Waals surface area contributed by atoms with Crippen LogP contribution in [0.1, 0.15) is 52.7 Å². The molecule has 2 heteroatoms. The fourth-order valence-corrected chi connectivity index (χ4v) is 3.38. The Bertz CT molecular complexity index is 933. The van der Waals surface area contributed by atoms with Gasteiger partial charge >= 0.3 is 0 Å². The molecule has 1 heterocycles. The van der Waals surface area contributed by atoms with Crippen molar-refractivity contribution in [2.75, 3.05) is 0 Å². The van der Waals surface area contributed by atoms with E-state index in [1.54, 1.807) is 0 Å². The summed E-state index contributed by atoms with van der Waals surface area (Å²) >= 11 is 0. The normalized spacial score (nSPS) is 12.8. The van der Waals surface area contributed by atoms with Gasteiger partial charge in [-0.2, -0.15) is 0 Å². The van der Waals surface area contributed by atoms with Crippen LogP contribution in [0.5, 0.6) is 5.75 Å². The maximum atomic E-state index is 11.1. The Labute approximate surface area is 151 Å². The van der Waals surface area contributed by atoms with Gasteiger partial charge in [-0.25, -0.2) is 0 Å². The van der Waals surface area contributed by atoms with E-state index < -0.39 is 0 Å². The summed E-state index contributed by atoms with van der Waals surface area (Å²) in [7, 11) is 2.07. The van der Waals surface area contributed by atoms with E-state index in [0.717, 1.165) is 16.8 Å². The molecule has 0 aliphatic carbocycles. The van der Waals surface area contributed by atoms with Crippen molar-refractivity contribution < 1.29 is 5.11 Å². The van der Waals surface area contributed by atoms with E-state index in [1.165, 1.54) is 16.5 Å². The largest absolute Gasteiger partial charge is 0.507 e. The zero-order valence-corrected chi connectivity index (χ0v) is 16.4. The number of aryl methyl sites for hydroxylation is 1. The molecule has 0 unspecified atom stereocenters. The highest BCUT2D eigenvalue weighted by Crippen LogP contribution is 2.43. The van der Waals surface area contributed by atoms with Crippen molar-refractivity contribution in [3.05, 3.63) is 53.6 Å². The Kier molecular flexibility index (Phi) is 3.98. The smallest absolute Gasteiger partial charge is 0.128 e. The summed E-state index contributed by atoms with van der Waals surface area (Å²) in [5.41, 5.74) is 5.29. The average Bonchev–Trinajstić information content (AvgIpc) is 2.82. The number of nitrogens with zero attached hydrogens (tertiary/aromatic N) is 1. The van der Waals surface area contributed by atoms with Crippen LogP contribution >= 0.6 is 0 Å². The van der Waals surface area contributed by atoms with E-state index in [1.807, 2.05) is 0 Å². The van der Waals surface area contributed by atoms with Crippen LogP contribution in [0, 0.1) is 0 Å². The number of benzene rings is 2. The van der Waals surface area contributed by atoms with Crippen molar-refractivity contribution in [1.29, 1.82) is 0 Å². The molecular weight excluding hydrogens is 306 g/mol. The maximum Gasteiger partial charge on any atom is 0.128 e. The van der Waals surface area contributed by atoms with Gasteiger partial charge in [0.2, 0.25) is 0 Å². The lowest BCUT2D eigenvalue weighted by Crippen LogP contribution is -2.17. The second kappa shape index (κ2) is 5.66. The fourth-order valence-electron chi connectivity index (χ4n) is 3.38. The number of rotatable bonds is 1. The van der Waals surface area contributed by atoms with Gasteiger partial charge in [0.1, 0.15) is 5.75 Å². The Morgan fingerprint density at radius 3 is 2.04 bits per heavy atom. The molecule has 2 aromatic carbocycles. The minimum Gasteiger partial charge on any atom is -0.507 e. The first-order chi connectivity index (χ1) is 11.5. The molecule has 0 aliphatic rings. The number of phenols is 1. The first-order valence-electron chi connectivity index (χ1n) is 8.93. The van der Waals surface area contributed by atoms with Crippen molar-refractivity contribution in [1.82, 2.24) is 4.57 Å². The number of aromatic nitrogens is 1. The summed E-state index contributed by atoms with van der Waals surface area (Å²) in [5, 5.41) is 12.3. The highest BCUT2D eigenvalue weighted by molar-refractivity contribution is 5.88. The van der Waals surface area contributed by atoms with Gasteiger partial charge in [0.15, 0.2) is 0 Å². The van der Waals surface area contributed by atoms with Gasteiger partial charge in [-0.1, -0.05) is 65.8 Å². The summed E-state index contributed by atoms with van der Waals surface area (Å²) in [5.74, 6) is 0.395. The van der Waals surface area contributed by atoms with Gasteiger partial charge in [0.25, 0.3) is 0 Å². The third kappa shape index (κ3) is 3.06. The minimum absolute atomic E-state index is 0.0209. The summed E-state index contributed by atoms with van der Waals surface area (Å²) in [4.78, 5) is 0. The van der Waals surface area contributed by atoms with Crippen molar-refractivity contribution in [2.45, 2.75) is 52.4 Å². The molecule has 0 radical (unpaired) electrons. The standard InChI is InChI=1S/C23H29NO/c1-22(2,3)16-13-17(21(25)18(14-16)23(4,5)6)20-12-15-10-8-9-11-19(15)24(20)7/h8-14,25H,1-7H3. The zero-order valence-electron chi connectivity index (χ0n) is 16.4. The van der Waals surface area contributed by atoms with Gasteiger partial charge in [-0.15, -0.1) is 0 Å². The van der Waals surface area contributed by atoms with E-state index in [0.29, 0.717) is 5.75 Å². The van der Waals surface area contributed by atoms with Crippen LogP contribution in [-0.4, -0.2) is 9.67 Å². The first kappa shape index (κ1) is 17.6. The van der Waals surface area contributed by atoms with Gasteiger partial charge in [-0.05, 0) is 34.6 Å². The van der Waals surface area contributed by atoms with E-state index in [4.69, 9.17) is 0 Å². The van der Waals surface area contributed by atoms with Crippen molar-refractivity contribution in [2.24, 2.45) is 7.05 Å². The zero-order chi connectivity index (χ0) is 18.6. The lowest BCUT2D eigenvalue weighted by Gasteiger charge is -2.27. The number of fused-ring (bicyclic) bond motifs is 1. The Morgan fingerprint density at radius 1 is 0.840 bits per heavy atom. The third-order valence-corrected chi connectivity index (χ3v) is 5.01. The van der Waals surface area contributed by atoms with E-state index in [9.17, 15) is 5.11 Å². The average molecular weight is 335 g/mol. The van der Waals surface area contributed by atoms with Crippen LogP contribution in [0.4, 0.5) is 0 Å². The van der Waals surface area contributed by atoms with Crippen LogP contribution in [0.2, 0.25) is 0 Å². The Morgan fingerprint density at radius 2 is 1.48 bits per heavy atom. The van der Waals surface area contributed by atoms with Crippen LogP contribution in [-0.2, 0) is 17.9 Å². The predicted molar refractivity (Wildman–Crippen MR) is 107 cm³/mol. The SMILES string of the molecule is Cn1c(-c2cc(C(C)(C)C)cc(C(C)(C)C)c2O)cc2ccccc21. The molecule has 1 aromatic heterocycles. The maximum absolute atomic E-state index is 11.1. The number of hydrogen-bond acceptors (Lipinski definition) is 1. The predicted octanol–water partition coefficient (Wildman–Crippen LogP) is 6.15. The lowest BCUT2D eigenvalue weighted by molar-refractivity contribution is 0.446. The van der Waals surface area contributed by atoms with Gasteiger partial charge < -0.3 is 9.67 Å². The number of para-hydroxylation sites is 1. The molecule has 0 saturated carbocycles. The molecule has 0 spiro atoms. The van der Waals surface area contributed by atoms with Crippen molar-refractivity contribution in [3.8, 4) is 17.0 Å². The molecule has 25 heavy (non-hydrogen) atoms. The highest BCUT2D eigenvalue weighted by atomic mass is 16.3. The molecule has 0 aliphatic heterocycles. The summed E-state index contributed by atoms with van der Waals surface area (Å²) < 4.78 is 2.17. The molecular formula is C23H29NO. The molecule has 0 amide bonds. The van der Waals surface area contributed by atoms with Crippen molar-refractivity contribution >= 4 is 10.9 Å². The first-order valence-corrected chi connectivity index (χ1v) is 8.93. The molecule has 132 valence electrons. The summed E-state index contributed by atoms with van der Waals surface area (Å²) in [6.45, 7) is 13.1. The number of hydrogen-bond donors (Lipinski definition) is 1. The fraction of sp³-hybridized carbons (Fsp3) is 0.391. The van der Waals surface area contributed by atoms with Crippen LogP contribution in [0.25, 0.3) is 22.2 Å². The Hall–Kier alpha value is -2.22. The topological polar surface area (TPSA) is 25.2 Å². The molecule has 3 rings (SSSR count). The molecule has 0 bridgehead atoms. The minimum atomic E-state index is -0.120. The van der Waals surface area contributed by atoms with Gasteiger partial charge in [0, 0.05) is 29.1 Å². The summed E-state index contributed by atoms with van der Waals surface area (Å²) in [6, 6.07) is 14.8. The van der Waals surface area contributed by atoms with Crippen LogP contribution in [0.3, 0.4) is 0 Å². The van der Waals surface area contributed by atoms with Crippen LogP contribution in [0.15, 0.2) is 42.5 Å². The quantitative estimate of drug-likeness (QED) is 0.567. The number of phenolic OH excluding ortho intramolecular Hbond substituents is 1.